The number of carbonyl (C=O) groups excluding carboxylic acids is 1. The summed E-state index contributed by atoms with van der Waals surface area (Å²) in [5, 5.41) is 0.569. The van der Waals surface area contributed by atoms with Gasteiger partial charge >= 0.3 is 5.97 Å². The van der Waals surface area contributed by atoms with E-state index in [-0.39, 0.29) is 5.97 Å². The number of nitrogens with two attached hydrogens (primary N) is 1. The van der Waals surface area contributed by atoms with E-state index >= 15 is 0 Å². The van der Waals surface area contributed by atoms with Crippen LogP contribution in [0, 0.1) is 0 Å². The molecule has 1 unspecified atom stereocenters. The van der Waals surface area contributed by atoms with Crippen molar-refractivity contribution in [2.24, 2.45) is 10.7 Å². The predicted octanol–water partition coefficient (Wildman–Crippen LogP) is 3.57. The number of methoxy groups -OCH3 is 1. The zero-order valence-corrected chi connectivity index (χ0v) is 14.5. The highest BCUT2D eigenvalue weighted by atomic mass is 35.5. The summed E-state index contributed by atoms with van der Waals surface area (Å²) in [6.45, 7) is 0. The lowest BCUT2D eigenvalue weighted by Gasteiger charge is -2.37. The number of esters is 1. The fourth-order valence-corrected chi connectivity index (χ4v) is 4.30. The normalized spacial score (nSPS) is 21.4. The molecule has 126 valence electrons. The third kappa shape index (κ3) is 2.14. The van der Waals surface area contributed by atoms with Gasteiger partial charge in [-0.15, -0.1) is 0 Å². The second kappa shape index (κ2) is 5.74. The van der Waals surface area contributed by atoms with Crippen LogP contribution in [0.1, 0.15) is 29.5 Å². The molecule has 1 atom stereocenters. The maximum absolute atomic E-state index is 12.3. The second-order valence-corrected chi connectivity index (χ2v) is 6.66. The molecule has 1 aliphatic heterocycles. The quantitative estimate of drug-likeness (QED) is 0.840. The molecule has 2 N–H and O–H groups in total. The van der Waals surface area contributed by atoms with Crippen LogP contribution in [0.4, 0.5) is 0 Å². The number of benzene rings is 2. The van der Waals surface area contributed by atoms with E-state index in [0.29, 0.717) is 28.5 Å². The minimum Gasteiger partial charge on any atom is -0.466 e. The lowest BCUT2D eigenvalue weighted by molar-refractivity contribution is -0.136. The van der Waals surface area contributed by atoms with Gasteiger partial charge in [0.25, 0.3) is 0 Å². The average Bonchev–Trinajstić information content (AvgIpc) is 3.02. The van der Waals surface area contributed by atoms with Crippen molar-refractivity contribution in [3.8, 4) is 0 Å². The van der Waals surface area contributed by atoms with Crippen molar-refractivity contribution in [1.82, 2.24) is 0 Å². The van der Waals surface area contributed by atoms with E-state index < -0.39 is 5.41 Å². The standard InChI is InChI=1S/C20H17ClN2O2/c1-25-19(24)13-10-11-20(12-6-3-2-4-7-12)14-8-5-9-15(21)16(14)18(22)23-17(13)20/h2-9H,10-11H2,1H3,(H2,22,23). The number of allylic oxidation sites excluding steroid dienone is 1. The Morgan fingerprint density at radius 3 is 2.68 bits per heavy atom. The summed E-state index contributed by atoms with van der Waals surface area (Å²) >= 11 is 6.43. The molecule has 0 amide bonds. The van der Waals surface area contributed by atoms with E-state index in [4.69, 9.17) is 22.1 Å². The van der Waals surface area contributed by atoms with Gasteiger partial charge in [-0.3, -0.25) is 0 Å². The van der Waals surface area contributed by atoms with Gasteiger partial charge < -0.3 is 10.5 Å². The average molecular weight is 353 g/mol. The van der Waals surface area contributed by atoms with Crippen LogP contribution in [0.3, 0.4) is 0 Å². The topological polar surface area (TPSA) is 64.7 Å². The van der Waals surface area contributed by atoms with Crippen LogP contribution in [-0.4, -0.2) is 18.9 Å². The minimum absolute atomic E-state index is 0.338. The number of fused-ring (bicyclic) bond motifs is 3. The number of hydrogen-bond donors (Lipinski definition) is 1. The molecule has 5 heteroatoms. The fraction of sp³-hybridized carbons (Fsp3) is 0.200. The van der Waals surface area contributed by atoms with Gasteiger partial charge in [0, 0.05) is 5.56 Å². The molecule has 0 aromatic heterocycles. The lowest BCUT2D eigenvalue weighted by Crippen LogP contribution is -2.36. The summed E-state index contributed by atoms with van der Waals surface area (Å²) in [6.07, 6.45) is 1.31. The Hall–Kier alpha value is -2.59. The molecule has 1 aliphatic carbocycles. The van der Waals surface area contributed by atoms with Gasteiger partial charge in [0.15, 0.2) is 0 Å². The summed E-state index contributed by atoms with van der Waals surface area (Å²) in [5.74, 6) is -0.0136. The molecule has 2 aromatic carbocycles. The molecule has 0 saturated heterocycles. The molecule has 0 fully saturated rings. The summed E-state index contributed by atoms with van der Waals surface area (Å²) in [5.41, 5.74) is 9.77. The molecule has 0 saturated carbocycles. The van der Waals surface area contributed by atoms with Crippen LogP contribution in [0.25, 0.3) is 0 Å². The number of nitrogens with zero attached hydrogens (tertiary/aromatic N) is 1. The first-order valence-corrected chi connectivity index (χ1v) is 8.48. The van der Waals surface area contributed by atoms with Crippen molar-refractivity contribution < 1.29 is 9.53 Å². The Labute approximate surface area is 151 Å². The molecule has 2 aliphatic rings. The van der Waals surface area contributed by atoms with Crippen LogP contribution in [0.2, 0.25) is 5.02 Å². The van der Waals surface area contributed by atoms with Gasteiger partial charge in [-0.05, 0) is 30.0 Å². The number of aliphatic imine (C=N–C) groups is 1. The van der Waals surface area contributed by atoms with Crippen LogP contribution in [0.15, 0.2) is 64.8 Å². The van der Waals surface area contributed by atoms with E-state index in [1.165, 1.54) is 7.11 Å². The van der Waals surface area contributed by atoms with Crippen molar-refractivity contribution in [3.63, 3.8) is 0 Å². The Bertz CT molecular complexity index is 934. The van der Waals surface area contributed by atoms with Crippen LogP contribution < -0.4 is 5.73 Å². The Morgan fingerprint density at radius 2 is 1.96 bits per heavy atom. The number of rotatable bonds is 2. The molecule has 2 aromatic rings. The lowest BCUT2D eigenvalue weighted by atomic mass is 9.69. The SMILES string of the molecule is COC(=O)C1=C2N=C(N)c3c(Cl)cccc3C2(c2ccccc2)CC1. The van der Waals surface area contributed by atoms with E-state index in [0.717, 1.165) is 23.1 Å². The highest BCUT2D eigenvalue weighted by Gasteiger charge is 2.49. The highest BCUT2D eigenvalue weighted by molar-refractivity contribution is 6.34. The van der Waals surface area contributed by atoms with E-state index in [1.807, 2.05) is 36.4 Å². The summed E-state index contributed by atoms with van der Waals surface area (Å²) in [4.78, 5) is 16.9. The number of halogens is 1. The van der Waals surface area contributed by atoms with Gasteiger partial charge in [-0.1, -0.05) is 54.1 Å². The van der Waals surface area contributed by atoms with Crippen LogP contribution in [0.5, 0.6) is 0 Å². The molecule has 0 bridgehead atoms. The van der Waals surface area contributed by atoms with Crippen molar-refractivity contribution in [3.05, 3.63) is 81.5 Å². The molecule has 4 rings (SSSR count). The minimum atomic E-state index is -0.534. The van der Waals surface area contributed by atoms with Gasteiger partial charge in [0.2, 0.25) is 0 Å². The summed E-state index contributed by atoms with van der Waals surface area (Å²) in [7, 11) is 1.39. The molecular weight excluding hydrogens is 336 g/mol. The van der Waals surface area contributed by atoms with Gasteiger partial charge in [-0.25, -0.2) is 9.79 Å². The smallest absolute Gasteiger partial charge is 0.335 e. The molecular formula is C20H17ClN2O2. The third-order valence-electron chi connectivity index (χ3n) is 5.10. The highest BCUT2D eigenvalue weighted by Crippen LogP contribution is 2.54. The number of ether oxygens (including phenoxy) is 1. The van der Waals surface area contributed by atoms with Gasteiger partial charge in [0.1, 0.15) is 5.84 Å². The summed E-state index contributed by atoms with van der Waals surface area (Å²) in [6, 6.07) is 15.8. The van der Waals surface area contributed by atoms with Crippen molar-refractivity contribution in [2.45, 2.75) is 18.3 Å². The van der Waals surface area contributed by atoms with E-state index in [9.17, 15) is 4.79 Å². The maximum Gasteiger partial charge on any atom is 0.335 e. The molecule has 4 nitrogen and oxygen atoms in total. The fourth-order valence-electron chi connectivity index (χ4n) is 4.03. The monoisotopic (exact) mass is 352 g/mol. The van der Waals surface area contributed by atoms with Crippen molar-refractivity contribution in [1.29, 1.82) is 0 Å². The summed E-state index contributed by atoms with van der Waals surface area (Å²) < 4.78 is 4.98. The molecule has 0 spiro atoms. The first-order valence-electron chi connectivity index (χ1n) is 8.10. The molecule has 1 heterocycles. The zero-order chi connectivity index (χ0) is 17.6. The van der Waals surface area contributed by atoms with Gasteiger partial charge in [0.05, 0.1) is 28.8 Å². The first kappa shape index (κ1) is 15.9. The number of hydrogen-bond acceptors (Lipinski definition) is 4. The second-order valence-electron chi connectivity index (χ2n) is 6.25. The Kier molecular flexibility index (Phi) is 3.65. The number of amidine groups is 1. The van der Waals surface area contributed by atoms with E-state index in [1.54, 1.807) is 0 Å². The van der Waals surface area contributed by atoms with Crippen LogP contribution >= 0.6 is 11.6 Å². The van der Waals surface area contributed by atoms with Crippen LogP contribution in [-0.2, 0) is 14.9 Å². The maximum atomic E-state index is 12.3. The predicted molar refractivity (Wildman–Crippen MR) is 97.7 cm³/mol. The zero-order valence-electron chi connectivity index (χ0n) is 13.8. The van der Waals surface area contributed by atoms with Gasteiger partial charge in [-0.2, -0.15) is 0 Å². The largest absolute Gasteiger partial charge is 0.466 e. The first-order chi connectivity index (χ1) is 12.1. The van der Waals surface area contributed by atoms with Crippen molar-refractivity contribution in [2.75, 3.05) is 7.11 Å². The Balaban J connectivity index is 2.10. The molecule has 25 heavy (non-hydrogen) atoms. The van der Waals surface area contributed by atoms with Crippen molar-refractivity contribution >= 4 is 23.4 Å². The third-order valence-corrected chi connectivity index (χ3v) is 5.42. The number of carbonyl (C=O) groups is 1. The van der Waals surface area contributed by atoms with E-state index in [2.05, 4.69) is 17.1 Å². The Morgan fingerprint density at radius 1 is 1.20 bits per heavy atom. The molecule has 0 radical (unpaired) electrons.